The number of carbonyl (C=O) groups excluding carboxylic acids is 1. The molecule has 2 atom stereocenters. The van der Waals surface area contributed by atoms with Crippen molar-refractivity contribution in [2.24, 2.45) is 17.6 Å². The van der Waals surface area contributed by atoms with Crippen LogP contribution in [0.5, 0.6) is 5.75 Å². The SMILES string of the molecule is COc1ccccc1NC1(C(N)=O)CCCCC1C(C)C. The highest BCUT2D eigenvalue weighted by Crippen LogP contribution is 2.42. The number of methoxy groups -OCH3 is 1. The fourth-order valence-corrected chi connectivity index (χ4v) is 3.61. The van der Waals surface area contributed by atoms with E-state index in [4.69, 9.17) is 10.5 Å². The van der Waals surface area contributed by atoms with Crippen LogP contribution in [0, 0.1) is 11.8 Å². The van der Waals surface area contributed by atoms with Gasteiger partial charge in [0.05, 0.1) is 12.8 Å². The Morgan fingerprint density at radius 1 is 1.38 bits per heavy atom. The number of ether oxygens (including phenoxy) is 1. The first-order chi connectivity index (χ1) is 10.0. The summed E-state index contributed by atoms with van der Waals surface area (Å²) in [4.78, 5) is 12.3. The van der Waals surface area contributed by atoms with Crippen molar-refractivity contribution in [2.45, 2.75) is 45.1 Å². The number of rotatable bonds is 5. The van der Waals surface area contributed by atoms with Crippen LogP contribution in [0.15, 0.2) is 24.3 Å². The van der Waals surface area contributed by atoms with Crippen molar-refractivity contribution in [3.63, 3.8) is 0 Å². The maximum atomic E-state index is 12.3. The number of hydrogen-bond donors (Lipinski definition) is 2. The number of carbonyl (C=O) groups is 1. The number of primary amides is 1. The lowest BCUT2D eigenvalue weighted by atomic mass is 9.67. The molecule has 4 heteroatoms. The monoisotopic (exact) mass is 290 g/mol. The fraction of sp³-hybridized carbons (Fsp3) is 0.588. The summed E-state index contributed by atoms with van der Waals surface area (Å²) in [7, 11) is 1.64. The summed E-state index contributed by atoms with van der Waals surface area (Å²) in [6.45, 7) is 4.33. The Balaban J connectivity index is 2.39. The molecule has 21 heavy (non-hydrogen) atoms. The van der Waals surface area contributed by atoms with Gasteiger partial charge in [0.15, 0.2) is 0 Å². The second kappa shape index (κ2) is 6.37. The van der Waals surface area contributed by atoms with Gasteiger partial charge in [0.1, 0.15) is 11.3 Å². The molecule has 0 aromatic heterocycles. The standard InChI is InChI=1S/C17H26N2O2/c1-12(2)13-8-6-7-11-17(13,16(18)20)19-14-9-4-5-10-15(14)21-3/h4-5,9-10,12-13,19H,6-8,11H2,1-3H3,(H2,18,20). The third-order valence-electron chi connectivity index (χ3n) is 4.68. The molecule has 0 heterocycles. The number of nitrogens with one attached hydrogen (secondary N) is 1. The number of anilines is 1. The van der Waals surface area contributed by atoms with E-state index < -0.39 is 5.54 Å². The van der Waals surface area contributed by atoms with Gasteiger partial charge in [0.2, 0.25) is 5.91 Å². The van der Waals surface area contributed by atoms with Gasteiger partial charge in [-0.2, -0.15) is 0 Å². The first-order valence-corrected chi connectivity index (χ1v) is 7.72. The molecule has 4 nitrogen and oxygen atoms in total. The Labute approximate surface area is 127 Å². The fourth-order valence-electron chi connectivity index (χ4n) is 3.61. The van der Waals surface area contributed by atoms with Gasteiger partial charge < -0.3 is 15.8 Å². The highest BCUT2D eigenvalue weighted by atomic mass is 16.5. The minimum Gasteiger partial charge on any atom is -0.495 e. The second-order valence-electron chi connectivity index (χ2n) is 6.26. The molecule has 1 amide bonds. The maximum absolute atomic E-state index is 12.3. The molecule has 3 N–H and O–H groups in total. The average molecular weight is 290 g/mol. The summed E-state index contributed by atoms with van der Waals surface area (Å²) in [5.41, 5.74) is 5.99. The van der Waals surface area contributed by atoms with Crippen molar-refractivity contribution >= 4 is 11.6 Å². The Kier molecular flexibility index (Phi) is 4.76. The smallest absolute Gasteiger partial charge is 0.243 e. The molecule has 116 valence electrons. The maximum Gasteiger partial charge on any atom is 0.243 e. The number of hydrogen-bond acceptors (Lipinski definition) is 3. The molecule has 1 saturated carbocycles. The topological polar surface area (TPSA) is 64.3 Å². The van der Waals surface area contributed by atoms with Gasteiger partial charge in [-0.15, -0.1) is 0 Å². The third-order valence-corrected chi connectivity index (χ3v) is 4.68. The quantitative estimate of drug-likeness (QED) is 0.875. The van der Waals surface area contributed by atoms with Crippen LogP contribution in [-0.4, -0.2) is 18.6 Å². The van der Waals surface area contributed by atoms with Crippen molar-refractivity contribution in [1.29, 1.82) is 0 Å². The van der Waals surface area contributed by atoms with E-state index in [0.717, 1.165) is 37.1 Å². The summed E-state index contributed by atoms with van der Waals surface area (Å²) in [6, 6.07) is 7.69. The normalized spacial score (nSPS) is 25.6. The van der Waals surface area contributed by atoms with Crippen LogP contribution in [-0.2, 0) is 4.79 Å². The molecule has 1 fully saturated rings. The Bertz CT molecular complexity index is 501. The highest BCUT2D eigenvalue weighted by molar-refractivity contribution is 5.89. The molecule has 1 aromatic carbocycles. The molecule has 0 spiro atoms. The zero-order chi connectivity index (χ0) is 15.5. The van der Waals surface area contributed by atoms with Crippen LogP contribution in [0.25, 0.3) is 0 Å². The van der Waals surface area contributed by atoms with Crippen LogP contribution in [0.3, 0.4) is 0 Å². The zero-order valence-electron chi connectivity index (χ0n) is 13.2. The molecule has 0 bridgehead atoms. The number of benzene rings is 1. The number of nitrogens with two attached hydrogens (primary N) is 1. The van der Waals surface area contributed by atoms with E-state index in [1.165, 1.54) is 0 Å². The van der Waals surface area contributed by atoms with Crippen LogP contribution in [0.2, 0.25) is 0 Å². The first-order valence-electron chi connectivity index (χ1n) is 7.72. The molecular weight excluding hydrogens is 264 g/mol. The minimum atomic E-state index is -0.680. The minimum absolute atomic E-state index is 0.244. The van der Waals surface area contributed by atoms with E-state index in [2.05, 4.69) is 19.2 Å². The first kappa shape index (κ1) is 15.7. The highest BCUT2D eigenvalue weighted by Gasteiger charge is 2.47. The molecule has 0 aliphatic heterocycles. The molecule has 1 aromatic rings. The van der Waals surface area contributed by atoms with E-state index in [-0.39, 0.29) is 11.8 Å². The third kappa shape index (κ3) is 2.99. The molecule has 0 saturated heterocycles. The van der Waals surface area contributed by atoms with Crippen LogP contribution in [0.1, 0.15) is 39.5 Å². The van der Waals surface area contributed by atoms with E-state index in [1.807, 2.05) is 24.3 Å². The van der Waals surface area contributed by atoms with Gasteiger partial charge in [0.25, 0.3) is 0 Å². The number of amides is 1. The summed E-state index contributed by atoms with van der Waals surface area (Å²) in [5, 5.41) is 3.45. The molecule has 0 radical (unpaired) electrons. The zero-order valence-corrected chi connectivity index (χ0v) is 13.2. The Morgan fingerprint density at radius 2 is 2.10 bits per heavy atom. The van der Waals surface area contributed by atoms with Crippen LogP contribution < -0.4 is 15.8 Å². The van der Waals surface area contributed by atoms with Crippen LogP contribution >= 0.6 is 0 Å². The van der Waals surface area contributed by atoms with E-state index in [9.17, 15) is 4.79 Å². The molecule has 1 aliphatic rings. The van der Waals surface area contributed by atoms with E-state index in [0.29, 0.717) is 5.92 Å². The Morgan fingerprint density at radius 3 is 2.71 bits per heavy atom. The molecular formula is C17H26N2O2. The van der Waals surface area contributed by atoms with E-state index in [1.54, 1.807) is 7.11 Å². The van der Waals surface area contributed by atoms with Gasteiger partial charge in [-0.25, -0.2) is 0 Å². The van der Waals surface area contributed by atoms with Crippen molar-refractivity contribution in [3.8, 4) is 5.75 Å². The molecule has 2 rings (SSSR count). The van der Waals surface area contributed by atoms with Gasteiger partial charge >= 0.3 is 0 Å². The molecule has 2 unspecified atom stereocenters. The summed E-state index contributed by atoms with van der Waals surface area (Å²) in [6.07, 6.45) is 3.99. The van der Waals surface area contributed by atoms with Gasteiger partial charge in [-0.3, -0.25) is 4.79 Å². The molecule has 1 aliphatic carbocycles. The van der Waals surface area contributed by atoms with E-state index >= 15 is 0 Å². The lowest BCUT2D eigenvalue weighted by Gasteiger charge is -2.45. The van der Waals surface area contributed by atoms with Crippen molar-refractivity contribution in [3.05, 3.63) is 24.3 Å². The van der Waals surface area contributed by atoms with Crippen LogP contribution in [0.4, 0.5) is 5.69 Å². The summed E-state index contributed by atoms with van der Waals surface area (Å²) < 4.78 is 5.39. The van der Waals surface area contributed by atoms with Gasteiger partial charge in [-0.05, 0) is 36.8 Å². The largest absolute Gasteiger partial charge is 0.495 e. The van der Waals surface area contributed by atoms with Crippen molar-refractivity contribution < 1.29 is 9.53 Å². The van der Waals surface area contributed by atoms with Crippen molar-refractivity contribution in [2.75, 3.05) is 12.4 Å². The average Bonchev–Trinajstić information content (AvgIpc) is 2.47. The summed E-state index contributed by atoms with van der Waals surface area (Å²) >= 11 is 0. The van der Waals surface area contributed by atoms with Crippen molar-refractivity contribution in [1.82, 2.24) is 0 Å². The number of para-hydroxylation sites is 2. The van der Waals surface area contributed by atoms with Gasteiger partial charge in [-0.1, -0.05) is 38.8 Å². The lowest BCUT2D eigenvalue weighted by Crippen LogP contribution is -2.58. The van der Waals surface area contributed by atoms with Gasteiger partial charge in [0, 0.05) is 0 Å². The summed E-state index contributed by atoms with van der Waals surface area (Å²) in [5.74, 6) is 1.13. The Hall–Kier alpha value is -1.71. The lowest BCUT2D eigenvalue weighted by molar-refractivity contribution is -0.126. The second-order valence-corrected chi connectivity index (χ2v) is 6.26. The predicted molar refractivity (Wildman–Crippen MR) is 85.3 cm³/mol. The predicted octanol–water partition coefficient (Wildman–Crippen LogP) is 3.18.